The van der Waals surface area contributed by atoms with Gasteiger partial charge in [0.2, 0.25) is 0 Å². The maximum atomic E-state index is 14.3. The number of aromatic nitrogens is 6. The van der Waals surface area contributed by atoms with Gasteiger partial charge in [0.15, 0.2) is 0 Å². The fourth-order valence-corrected chi connectivity index (χ4v) is 3.83. The Bertz CT molecular complexity index is 1310. The second-order valence-corrected chi connectivity index (χ2v) is 8.65. The van der Waals surface area contributed by atoms with E-state index in [-0.39, 0.29) is 36.2 Å². The van der Waals surface area contributed by atoms with E-state index in [4.69, 9.17) is 10.1 Å². The first-order valence-electron chi connectivity index (χ1n) is 11.3. The van der Waals surface area contributed by atoms with Crippen LogP contribution in [0.25, 0.3) is 22.6 Å². The molecular weight excluding hydrogens is 454 g/mol. The van der Waals surface area contributed by atoms with Gasteiger partial charge < -0.3 is 10.2 Å². The van der Waals surface area contributed by atoms with E-state index in [1.807, 2.05) is 32.9 Å². The van der Waals surface area contributed by atoms with Crippen molar-refractivity contribution in [1.82, 2.24) is 30.2 Å². The third kappa shape index (κ3) is 5.23. The minimum Gasteiger partial charge on any atom is -0.394 e. The summed E-state index contributed by atoms with van der Waals surface area (Å²) in [4.78, 5) is 4.73. The highest BCUT2D eigenvalue weighted by Crippen LogP contribution is 2.32. The highest BCUT2D eigenvalue weighted by Gasteiger charge is 2.22. The summed E-state index contributed by atoms with van der Waals surface area (Å²) in [7, 11) is 0. The molecule has 182 valence electrons. The lowest BCUT2D eigenvalue weighted by molar-refractivity contribution is 0.0778. The van der Waals surface area contributed by atoms with Crippen molar-refractivity contribution in [3.8, 4) is 22.6 Å². The summed E-state index contributed by atoms with van der Waals surface area (Å²) in [5.41, 5.74) is 3.25. The van der Waals surface area contributed by atoms with Gasteiger partial charge in [-0.25, -0.2) is 13.5 Å². The largest absolute Gasteiger partial charge is 0.394 e. The molecule has 0 aliphatic carbocycles. The highest BCUT2D eigenvalue weighted by atomic mass is 19.1. The third-order valence-corrected chi connectivity index (χ3v) is 5.73. The van der Waals surface area contributed by atoms with Gasteiger partial charge in [-0.3, -0.25) is 4.98 Å². The number of halogens is 2. The van der Waals surface area contributed by atoms with E-state index < -0.39 is 17.7 Å². The molecule has 0 aliphatic rings. The zero-order valence-electron chi connectivity index (χ0n) is 19.6. The second kappa shape index (κ2) is 10.3. The molecule has 2 N–H and O–H groups in total. The number of nitrogens with zero attached hydrogens (tertiary/aromatic N) is 6. The molecule has 3 aromatic heterocycles. The summed E-state index contributed by atoms with van der Waals surface area (Å²) in [5.74, 6) is -1.62. The Morgan fingerprint density at radius 1 is 0.914 bits per heavy atom. The van der Waals surface area contributed by atoms with Crippen LogP contribution in [-0.2, 0) is 6.54 Å². The van der Waals surface area contributed by atoms with Crippen LogP contribution in [0, 0.1) is 11.6 Å². The van der Waals surface area contributed by atoms with Gasteiger partial charge in [-0.2, -0.15) is 10.2 Å². The summed E-state index contributed by atoms with van der Waals surface area (Å²) in [6.45, 7) is 5.65. The Labute approximate surface area is 201 Å². The summed E-state index contributed by atoms with van der Waals surface area (Å²) >= 11 is 0. The number of hydrogen-bond donors (Lipinski definition) is 2. The number of hydrogen-bond acceptors (Lipinski definition) is 7. The van der Waals surface area contributed by atoms with Gasteiger partial charge in [0.25, 0.3) is 0 Å². The van der Waals surface area contributed by atoms with Crippen molar-refractivity contribution in [2.75, 3.05) is 6.61 Å². The lowest BCUT2D eigenvalue weighted by Crippen LogP contribution is -2.20. The minimum absolute atomic E-state index is 0.0255. The molecular formula is C25H26F2N6O2. The van der Waals surface area contributed by atoms with Crippen molar-refractivity contribution >= 4 is 0 Å². The molecule has 3 heterocycles. The first-order valence-corrected chi connectivity index (χ1v) is 11.3. The molecule has 4 aromatic rings. The van der Waals surface area contributed by atoms with Crippen molar-refractivity contribution in [2.45, 2.75) is 45.3 Å². The lowest BCUT2D eigenvalue weighted by atomic mass is 9.91. The molecule has 10 heteroatoms. The first-order chi connectivity index (χ1) is 16.8. The van der Waals surface area contributed by atoms with E-state index in [0.717, 1.165) is 5.56 Å². The van der Waals surface area contributed by atoms with Crippen LogP contribution in [0.3, 0.4) is 0 Å². The Hall–Kier alpha value is -3.63. The van der Waals surface area contributed by atoms with Crippen LogP contribution in [0.1, 0.15) is 49.6 Å². The number of benzene rings is 1. The first kappa shape index (κ1) is 24.5. The molecule has 0 radical (unpaired) electrons. The fraction of sp³-hybridized carbons (Fsp3) is 0.320. The van der Waals surface area contributed by atoms with Gasteiger partial charge in [-0.15, -0.1) is 5.10 Å². The van der Waals surface area contributed by atoms with Crippen LogP contribution in [-0.4, -0.2) is 53.1 Å². The molecule has 0 bridgehead atoms. The van der Waals surface area contributed by atoms with E-state index in [1.165, 1.54) is 22.9 Å². The van der Waals surface area contributed by atoms with E-state index >= 15 is 0 Å². The SMILES string of the molecule is CC(C)c1cc(-c2c(F)cccc2F)nnc1C(C)c1cccc(-c2cn(C[C@H](O)CO)nn2)n1. The number of aliphatic hydroxyl groups excluding tert-OH is 2. The van der Waals surface area contributed by atoms with Gasteiger partial charge in [0.05, 0.1) is 48.1 Å². The van der Waals surface area contributed by atoms with Crippen LogP contribution < -0.4 is 0 Å². The van der Waals surface area contributed by atoms with Crippen LogP contribution in [0.2, 0.25) is 0 Å². The Morgan fingerprint density at radius 2 is 1.63 bits per heavy atom. The fourth-order valence-electron chi connectivity index (χ4n) is 3.83. The van der Waals surface area contributed by atoms with Gasteiger partial charge in [-0.05, 0) is 41.8 Å². The monoisotopic (exact) mass is 480 g/mol. The van der Waals surface area contributed by atoms with E-state index in [2.05, 4.69) is 20.5 Å². The molecule has 2 atom stereocenters. The molecule has 4 rings (SSSR count). The summed E-state index contributed by atoms with van der Waals surface area (Å²) in [5, 5.41) is 35.3. The van der Waals surface area contributed by atoms with Crippen molar-refractivity contribution in [1.29, 1.82) is 0 Å². The molecule has 1 unspecified atom stereocenters. The predicted octanol–water partition coefficient (Wildman–Crippen LogP) is 3.70. The van der Waals surface area contributed by atoms with E-state index in [9.17, 15) is 13.9 Å². The molecule has 0 amide bonds. The van der Waals surface area contributed by atoms with Crippen LogP contribution >= 0.6 is 0 Å². The standard InChI is InChI=1S/C25H26F2N6O2/c1-14(2)17-10-22(24-18(26)6-4-7-19(24)27)29-31-25(17)15(3)20-8-5-9-21(28-20)23-12-33(32-30-23)11-16(35)13-34/h4-10,12,14-16,34-35H,11,13H2,1-3H3/t15?,16-/m0/s1. The summed E-state index contributed by atoms with van der Waals surface area (Å²) < 4.78 is 30.1. The van der Waals surface area contributed by atoms with Crippen molar-refractivity contribution in [3.63, 3.8) is 0 Å². The van der Waals surface area contributed by atoms with E-state index in [0.29, 0.717) is 22.8 Å². The van der Waals surface area contributed by atoms with Crippen molar-refractivity contribution < 1.29 is 19.0 Å². The van der Waals surface area contributed by atoms with Gasteiger partial charge >= 0.3 is 0 Å². The summed E-state index contributed by atoms with van der Waals surface area (Å²) in [6.07, 6.45) is 0.713. The van der Waals surface area contributed by atoms with Gasteiger partial charge in [0.1, 0.15) is 17.3 Å². The third-order valence-electron chi connectivity index (χ3n) is 5.73. The maximum absolute atomic E-state index is 14.3. The minimum atomic E-state index is -0.933. The lowest BCUT2D eigenvalue weighted by Gasteiger charge is -2.18. The molecule has 0 saturated heterocycles. The normalized spacial score (nSPS) is 13.3. The van der Waals surface area contributed by atoms with Crippen molar-refractivity contribution in [2.24, 2.45) is 0 Å². The molecule has 0 saturated carbocycles. The summed E-state index contributed by atoms with van der Waals surface area (Å²) in [6, 6.07) is 10.9. The topological polar surface area (TPSA) is 110 Å². The van der Waals surface area contributed by atoms with Crippen LogP contribution in [0.5, 0.6) is 0 Å². The van der Waals surface area contributed by atoms with Gasteiger partial charge in [0, 0.05) is 11.6 Å². The zero-order valence-corrected chi connectivity index (χ0v) is 19.6. The van der Waals surface area contributed by atoms with Gasteiger partial charge in [-0.1, -0.05) is 38.1 Å². The molecule has 35 heavy (non-hydrogen) atoms. The van der Waals surface area contributed by atoms with Crippen LogP contribution in [0.15, 0.2) is 48.7 Å². The van der Waals surface area contributed by atoms with Crippen molar-refractivity contribution in [3.05, 3.63) is 77.2 Å². The molecule has 1 aromatic carbocycles. The zero-order chi connectivity index (χ0) is 25.1. The highest BCUT2D eigenvalue weighted by molar-refractivity contribution is 5.61. The smallest absolute Gasteiger partial charge is 0.135 e. The molecule has 0 spiro atoms. The van der Waals surface area contributed by atoms with E-state index in [1.54, 1.807) is 18.3 Å². The Morgan fingerprint density at radius 3 is 2.31 bits per heavy atom. The number of rotatable bonds is 8. The molecule has 0 fully saturated rings. The average Bonchev–Trinajstić information content (AvgIpc) is 3.32. The molecule has 8 nitrogen and oxygen atoms in total. The predicted molar refractivity (Wildman–Crippen MR) is 125 cm³/mol. The number of aliphatic hydroxyl groups is 2. The van der Waals surface area contributed by atoms with Crippen LogP contribution in [0.4, 0.5) is 8.78 Å². The quantitative estimate of drug-likeness (QED) is 0.396. The second-order valence-electron chi connectivity index (χ2n) is 8.65. The maximum Gasteiger partial charge on any atom is 0.135 e. The Kier molecular flexibility index (Phi) is 7.23. The molecule has 0 aliphatic heterocycles. The Balaban J connectivity index is 1.67. The average molecular weight is 481 g/mol. The number of pyridine rings is 1.